The van der Waals surface area contributed by atoms with Crippen molar-refractivity contribution < 1.29 is 14.3 Å². The summed E-state index contributed by atoms with van der Waals surface area (Å²) in [4.78, 5) is 10.7. The van der Waals surface area contributed by atoms with Crippen molar-refractivity contribution in [3.8, 4) is 0 Å². The van der Waals surface area contributed by atoms with Crippen LogP contribution in [0.1, 0.15) is 5.56 Å². The number of esters is 1. The van der Waals surface area contributed by atoms with Gasteiger partial charge in [0.1, 0.15) is 5.76 Å². The van der Waals surface area contributed by atoms with E-state index in [1.165, 1.54) is 6.08 Å². The highest BCUT2D eigenvalue weighted by Gasteiger charge is 2.07. The number of benzene rings is 1. The lowest BCUT2D eigenvalue weighted by atomic mass is 10.2. The van der Waals surface area contributed by atoms with Crippen molar-refractivity contribution in [2.75, 3.05) is 6.61 Å². The first-order chi connectivity index (χ1) is 7.84. The molecule has 0 amide bonds. The fraction of sp³-hybridized carbons (Fsp3) is 0.154. The average Bonchev–Trinajstić information content (AvgIpc) is 2.72. The van der Waals surface area contributed by atoms with Gasteiger partial charge in [-0.05, 0) is 17.7 Å². The van der Waals surface area contributed by atoms with E-state index in [-0.39, 0.29) is 5.97 Å². The van der Waals surface area contributed by atoms with Crippen molar-refractivity contribution in [2.24, 2.45) is 0 Å². The largest absolute Gasteiger partial charge is 0.424 e. The van der Waals surface area contributed by atoms with Crippen LogP contribution in [-0.2, 0) is 20.9 Å². The number of cyclic esters (lactones) is 1. The zero-order valence-corrected chi connectivity index (χ0v) is 8.76. The highest BCUT2D eigenvalue weighted by atomic mass is 16.5. The van der Waals surface area contributed by atoms with Crippen molar-refractivity contribution in [1.29, 1.82) is 0 Å². The number of carbonyl (C=O) groups is 1. The van der Waals surface area contributed by atoms with Gasteiger partial charge >= 0.3 is 5.97 Å². The molecule has 0 bridgehead atoms. The molecule has 1 aliphatic rings. The molecule has 2 rings (SSSR count). The maximum atomic E-state index is 10.7. The Morgan fingerprint density at radius 2 is 2.00 bits per heavy atom. The van der Waals surface area contributed by atoms with Gasteiger partial charge < -0.3 is 9.47 Å². The van der Waals surface area contributed by atoms with Crippen molar-refractivity contribution >= 4 is 5.97 Å². The predicted molar refractivity (Wildman–Crippen MR) is 59.4 cm³/mol. The number of carbonyl (C=O) groups excluding carboxylic acids is 1. The fourth-order valence-electron chi connectivity index (χ4n) is 1.34. The minimum absolute atomic E-state index is 0.325. The fourth-order valence-corrected chi connectivity index (χ4v) is 1.34. The van der Waals surface area contributed by atoms with Crippen LogP contribution in [0.15, 0.2) is 54.3 Å². The summed E-state index contributed by atoms with van der Waals surface area (Å²) in [6.07, 6.45) is 4.77. The van der Waals surface area contributed by atoms with Crippen molar-refractivity contribution in [3.05, 3.63) is 59.9 Å². The topological polar surface area (TPSA) is 35.5 Å². The standard InChI is InChI=1S/C13H12O3/c14-13-7-6-12(16-13)8-9-15-10-11-4-2-1-3-5-11/h1-8H,9-10H2/b12-8-. The second-order valence-corrected chi connectivity index (χ2v) is 3.36. The summed E-state index contributed by atoms with van der Waals surface area (Å²) in [5.74, 6) is 0.229. The lowest BCUT2D eigenvalue weighted by Gasteiger charge is -2.01. The number of hydrogen-bond donors (Lipinski definition) is 0. The quantitative estimate of drug-likeness (QED) is 0.571. The van der Waals surface area contributed by atoms with Gasteiger partial charge in [-0.15, -0.1) is 0 Å². The van der Waals surface area contributed by atoms with Crippen LogP contribution >= 0.6 is 0 Å². The zero-order chi connectivity index (χ0) is 11.2. The summed E-state index contributed by atoms with van der Waals surface area (Å²) in [5.41, 5.74) is 1.12. The number of ether oxygens (including phenoxy) is 2. The monoisotopic (exact) mass is 216 g/mol. The third-order valence-electron chi connectivity index (χ3n) is 2.12. The molecule has 1 aromatic rings. The smallest absolute Gasteiger partial charge is 0.336 e. The maximum Gasteiger partial charge on any atom is 0.336 e. The lowest BCUT2D eigenvalue weighted by molar-refractivity contribution is -0.132. The third-order valence-corrected chi connectivity index (χ3v) is 2.12. The summed E-state index contributed by atoms with van der Waals surface area (Å²) in [7, 11) is 0. The molecule has 0 N–H and O–H groups in total. The van der Waals surface area contributed by atoms with Gasteiger partial charge in [0, 0.05) is 6.08 Å². The molecule has 16 heavy (non-hydrogen) atoms. The summed E-state index contributed by atoms with van der Waals surface area (Å²) < 4.78 is 10.3. The molecule has 0 radical (unpaired) electrons. The summed E-state index contributed by atoms with van der Waals surface area (Å²) >= 11 is 0. The first-order valence-electron chi connectivity index (χ1n) is 5.06. The number of hydrogen-bond acceptors (Lipinski definition) is 3. The van der Waals surface area contributed by atoms with Crippen molar-refractivity contribution in [3.63, 3.8) is 0 Å². The zero-order valence-electron chi connectivity index (χ0n) is 8.76. The minimum atomic E-state index is -0.325. The minimum Gasteiger partial charge on any atom is -0.424 e. The molecule has 0 spiro atoms. The van der Waals surface area contributed by atoms with Gasteiger partial charge in [-0.25, -0.2) is 4.79 Å². The molecular weight excluding hydrogens is 204 g/mol. The van der Waals surface area contributed by atoms with Crippen LogP contribution in [0.3, 0.4) is 0 Å². The molecule has 3 nitrogen and oxygen atoms in total. The maximum absolute atomic E-state index is 10.7. The van der Waals surface area contributed by atoms with Crippen LogP contribution < -0.4 is 0 Å². The molecule has 0 saturated heterocycles. The Bertz CT molecular complexity index is 418. The number of allylic oxidation sites excluding steroid dienone is 1. The Labute approximate surface area is 94.0 Å². The Hall–Kier alpha value is -1.87. The Morgan fingerprint density at radius 1 is 1.19 bits per heavy atom. The van der Waals surface area contributed by atoms with Crippen LogP contribution in [0, 0.1) is 0 Å². The van der Waals surface area contributed by atoms with Crippen LogP contribution in [0.25, 0.3) is 0 Å². The van der Waals surface area contributed by atoms with Crippen LogP contribution in [0.2, 0.25) is 0 Å². The average molecular weight is 216 g/mol. The van der Waals surface area contributed by atoms with Crippen LogP contribution in [0.5, 0.6) is 0 Å². The highest BCUT2D eigenvalue weighted by Crippen LogP contribution is 2.08. The first-order valence-corrected chi connectivity index (χ1v) is 5.06. The molecular formula is C13H12O3. The molecule has 3 heteroatoms. The summed E-state index contributed by atoms with van der Waals surface area (Å²) in [6.45, 7) is 0.990. The lowest BCUT2D eigenvalue weighted by Crippen LogP contribution is -1.95. The van der Waals surface area contributed by atoms with E-state index in [9.17, 15) is 4.79 Å². The highest BCUT2D eigenvalue weighted by molar-refractivity contribution is 5.86. The van der Waals surface area contributed by atoms with E-state index in [0.29, 0.717) is 19.0 Å². The molecule has 0 saturated carbocycles. The van der Waals surface area contributed by atoms with E-state index in [2.05, 4.69) is 0 Å². The second-order valence-electron chi connectivity index (χ2n) is 3.36. The molecule has 0 unspecified atom stereocenters. The first kappa shape index (κ1) is 10.6. The van der Waals surface area contributed by atoms with Gasteiger partial charge in [0.2, 0.25) is 0 Å². The number of rotatable bonds is 4. The van der Waals surface area contributed by atoms with Gasteiger partial charge in [-0.2, -0.15) is 0 Å². The summed E-state index contributed by atoms with van der Waals surface area (Å²) in [6, 6.07) is 9.91. The van der Waals surface area contributed by atoms with E-state index in [0.717, 1.165) is 5.56 Å². The molecule has 1 aliphatic heterocycles. The van der Waals surface area contributed by atoms with Gasteiger partial charge in [0.25, 0.3) is 0 Å². The van der Waals surface area contributed by atoms with Gasteiger partial charge in [-0.1, -0.05) is 30.3 Å². The van der Waals surface area contributed by atoms with Gasteiger partial charge in [-0.3, -0.25) is 0 Å². The molecule has 1 aromatic carbocycles. The predicted octanol–water partition coefficient (Wildman–Crippen LogP) is 2.20. The Kier molecular flexibility index (Phi) is 3.51. The van der Waals surface area contributed by atoms with Crippen molar-refractivity contribution in [1.82, 2.24) is 0 Å². The summed E-state index contributed by atoms with van der Waals surface area (Å²) in [5, 5.41) is 0. The molecule has 0 aromatic heterocycles. The molecule has 0 fully saturated rings. The second kappa shape index (κ2) is 5.28. The van der Waals surface area contributed by atoms with Gasteiger partial charge in [0.05, 0.1) is 13.2 Å². The van der Waals surface area contributed by atoms with E-state index >= 15 is 0 Å². The normalized spacial score (nSPS) is 16.8. The SMILES string of the molecule is O=C1C=C/C(=C/COCc2ccccc2)O1. The van der Waals surface area contributed by atoms with Crippen molar-refractivity contribution in [2.45, 2.75) is 6.61 Å². The Morgan fingerprint density at radius 3 is 2.69 bits per heavy atom. The van der Waals surface area contributed by atoms with Crippen LogP contribution in [-0.4, -0.2) is 12.6 Å². The molecule has 0 atom stereocenters. The molecule has 82 valence electrons. The van der Waals surface area contributed by atoms with Crippen LogP contribution in [0.4, 0.5) is 0 Å². The van der Waals surface area contributed by atoms with E-state index in [1.807, 2.05) is 30.3 Å². The third kappa shape index (κ3) is 3.07. The molecule has 1 heterocycles. The molecule has 0 aliphatic carbocycles. The van der Waals surface area contributed by atoms with E-state index < -0.39 is 0 Å². The van der Waals surface area contributed by atoms with E-state index in [4.69, 9.17) is 9.47 Å². The van der Waals surface area contributed by atoms with Gasteiger partial charge in [0.15, 0.2) is 0 Å². The van der Waals surface area contributed by atoms with E-state index in [1.54, 1.807) is 12.2 Å². The Balaban J connectivity index is 1.73.